The van der Waals surface area contributed by atoms with Crippen LogP contribution in [0.15, 0.2) is 35.4 Å². The molecule has 0 aliphatic carbocycles. The molecule has 0 aliphatic heterocycles. The Morgan fingerprint density at radius 1 is 1.37 bits per heavy atom. The maximum Gasteiger partial charge on any atom is 0.357 e. The van der Waals surface area contributed by atoms with Gasteiger partial charge in [-0.2, -0.15) is 5.10 Å². The van der Waals surface area contributed by atoms with E-state index < -0.39 is 15.8 Å². The van der Waals surface area contributed by atoms with Crippen LogP contribution in [0.5, 0.6) is 0 Å². The number of aromatic nitrogens is 2. The third kappa shape index (κ3) is 2.65. The second kappa shape index (κ2) is 4.51. The summed E-state index contributed by atoms with van der Waals surface area (Å²) in [6.45, 7) is 0. The van der Waals surface area contributed by atoms with Gasteiger partial charge in [-0.3, -0.25) is 4.68 Å². The van der Waals surface area contributed by atoms with Gasteiger partial charge in [0, 0.05) is 25.1 Å². The first-order chi connectivity index (χ1) is 8.79. The van der Waals surface area contributed by atoms with Crippen molar-refractivity contribution < 1.29 is 18.3 Å². The smallest absolute Gasteiger partial charge is 0.357 e. The molecule has 6 nitrogen and oxygen atoms in total. The molecule has 0 aliphatic rings. The number of aryl methyl sites for hydroxylation is 1. The van der Waals surface area contributed by atoms with Crippen molar-refractivity contribution in [3.63, 3.8) is 0 Å². The summed E-state index contributed by atoms with van der Waals surface area (Å²) in [5, 5.41) is 12.9. The Bertz CT molecular complexity index is 747. The van der Waals surface area contributed by atoms with Crippen LogP contribution in [0.2, 0.25) is 0 Å². The summed E-state index contributed by atoms with van der Waals surface area (Å²) in [6, 6.07) is 6.14. The fourth-order valence-corrected chi connectivity index (χ4v) is 2.42. The van der Waals surface area contributed by atoms with Gasteiger partial charge in [0.05, 0.1) is 4.90 Å². The molecule has 0 atom stereocenters. The molecule has 0 fully saturated rings. The number of sulfone groups is 1. The first-order valence-electron chi connectivity index (χ1n) is 5.36. The van der Waals surface area contributed by atoms with E-state index >= 15 is 0 Å². The highest BCUT2D eigenvalue weighted by molar-refractivity contribution is 7.90. The number of carboxylic acids is 1. The van der Waals surface area contributed by atoms with E-state index in [1.54, 1.807) is 25.4 Å². The maximum atomic E-state index is 11.5. The molecule has 0 radical (unpaired) electrons. The van der Waals surface area contributed by atoms with Gasteiger partial charge in [-0.25, -0.2) is 13.2 Å². The fourth-order valence-electron chi connectivity index (χ4n) is 1.75. The number of hydrogen-bond donors (Lipinski definition) is 1. The standard InChI is InChI=1S/C12H12N2O4S/c1-14-7-10(11(13-14)12(15)16)8-4-3-5-9(6-8)19(2,17)18/h3-7H,1-2H3,(H,15,16). The zero-order valence-corrected chi connectivity index (χ0v) is 11.2. The van der Waals surface area contributed by atoms with Crippen LogP contribution in [-0.4, -0.2) is 35.5 Å². The average molecular weight is 280 g/mol. The minimum atomic E-state index is -3.33. The Hall–Kier alpha value is -2.15. The first kappa shape index (κ1) is 13.3. The molecule has 0 saturated heterocycles. The number of aromatic carboxylic acids is 1. The maximum absolute atomic E-state index is 11.5. The number of carbonyl (C=O) groups is 1. The lowest BCUT2D eigenvalue weighted by Crippen LogP contribution is -2.01. The molecule has 2 aromatic rings. The minimum Gasteiger partial charge on any atom is -0.476 e. The lowest BCUT2D eigenvalue weighted by Gasteiger charge is -2.02. The SMILES string of the molecule is Cn1cc(-c2cccc(S(C)(=O)=O)c2)c(C(=O)O)n1. The zero-order chi connectivity index (χ0) is 14.2. The predicted molar refractivity (Wildman–Crippen MR) is 68.7 cm³/mol. The van der Waals surface area contributed by atoms with Crippen molar-refractivity contribution in [2.24, 2.45) is 7.05 Å². The van der Waals surface area contributed by atoms with E-state index in [0.717, 1.165) is 6.26 Å². The van der Waals surface area contributed by atoms with Crippen molar-refractivity contribution in [2.75, 3.05) is 6.26 Å². The Morgan fingerprint density at radius 3 is 2.63 bits per heavy atom. The Morgan fingerprint density at radius 2 is 2.05 bits per heavy atom. The molecule has 1 N–H and O–H groups in total. The molecule has 1 aromatic heterocycles. The van der Waals surface area contributed by atoms with Gasteiger partial charge in [-0.1, -0.05) is 12.1 Å². The molecule has 100 valence electrons. The van der Waals surface area contributed by atoms with E-state index in [-0.39, 0.29) is 10.6 Å². The predicted octanol–water partition coefficient (Wildman–Crippen LogP) is 1.19. The largest absolute Gasteiger partial charge is 0.476 e. The molecular formula is C12H12N2O4S. The molecule has 0 amide bonds. The van der Waals surface area contributed by atoms with Crippen LogP contribution in [-0.2, 0) is 16.9 Å². The molecule has 1 heterocycles. The molecule has 7 heteroatoms. The normalized spacial score (nSPS) is 11.5. The number of nitrogens with zero attached hydrogens (tertiary/aromatic N) is 2. The van der Waals surface area contributed by atoms with E-state index in [4.69, 9.17) is 5.11 Å². The van der Waals surface area contributed by atoms with Gasteiger partial charge in [0.25, 0.3) is 0 Å². The minimum absolute atomic E-state index is 0.104. The Kier molecular flexibility index (Phi) is 3.15. The van der Waals surface area contributed by atoms with Crippen LogP contribution < -0.4 is 0 Å². The van der Waals surface area contributed by atoms with Crippen LogP contribution in [0.1, 0.15) is 10.5 Å². The molecule has 0 saturated carbocycles. The zero-order valence-electron chi connectivity index (χ0n) is 10.4. The third-order valence-corrected chi connectivity index (χ3v) is 3.71. The van der Waals surface area contributed by atoms with Crippen molar-refractivity contribution in [3.05, 3.63) is 36.2 Å². The third-order valence-electron chi connectivity index (χ3n) is 2.60. The monoisotopic (exact) mass is 280 g/mol. The number of carboxylic acid groups (broad SMARTS) is 1. The van der Waals surface area contributed by atoms with E-state index in [1.165, 1.54) is 16.8 Å². The van der Waals surface area contributed by atoms with Crippen molar-refractivity contribution in [3.8, 4) is 11.1 Å². The second-order valence-electron chi connectivity index (χ2n) is 4.17. The van der Waals surface area contributed by atoms with Crippen LogP contribution in [0.3, 0.4) is 0 Å². The summed E-state index contributed by atoms with van der Waals surface area (Å²) in [5.41, 5.74) is 0.794. The van der Waals surface area contributed by atoms with Gasteiger partial charge in [0.15, 0.2) is 15.5 Å². The highest BCUT2D eigenvalue weighted by atomic mass is 32.2. The molecular weight excluding hydrogens is 268 g/mol. The summed E-state index contributed by atoms with van der Waals surface area (Å²) < 4.78 is 24.4. The summed E-state index contributed by atoms with van der Waals surface area (Å²) in [7, 11) is -1.73. The first-order valence-corrected chi connectivity index (χ1v) is 7.25. The topological polar surface area (TPSA) is 89.3 Å². The highest BCUT2D eigenvalue weighted by Gasteiger charge is 2.17. The van der Waals surface area contributed by atoms with Crippen LogP contribution >= 0.6 is 0 Å². The van der Waals surface area contributed by atoms with E-state index in [0.29, 0.717) is 11.1 Å². The van der Waals surface area contributed by atoms with E-state index in [9.17, 15) is 13.2 Å². The lowest BCUT2D eigenvalue weighted by atomic mass is 10.1. The fraction of sp³-hybridized carbons (Fsp3) is 0.167. The number of hydrogen-bond acceptors (Lipinski definition) is 4. The number of benzene rings is 1. The summed E-state index contributed by atoms with van der Waals surface area (Å²) >= 11 is 0. The molecule has 1 aromatic carbocycles. The van der Waals surface area contributed by atoms with E-state index in [1.807, 2.05) is 0 Å². The van der Waals surface area contributed by atoms with Crippen LogP contribution in [0.25, 0.3) is 11.1 Å². The van der Waals surface area contributed by atoms with Crippen molar-refractivity contribution in [2.45, 2.75) is 4.90 Å². The Balaban J connectivity index is 2.63. The van der Waals surface area contributed by atoms with Gasteiger partial charge in [0.2, 0.25) is 0 Å². The van der Waals surface area contributed by atoms with Gasteiger partial charge in [0.1, 0.15) is 0 Å². The molecule has 0 spiro atoms. The van der Waals surface area contributed by atoms with Crippen LogP contribution in [0.4, 0.5) is 0 Å². The summed E-state index contributed by atoms with van der Waals surface area (Å²) in [4.78, 5) is 11.2. The quantitative estimate of drug-likeness (QED) is 0.912. The van der Waals surface area contributed by atoms with Gasteiger partial charge >= 0.3 is 5.97 Å². The average Bonchev–Trinajstić information content (AvgIpc) is 2.71. The lowest BCUT2D eigenvalue weighted by molar-refractivity contribution is 0.0690. The van der Waals surface area contributed by atoms with Crippen molar-refractivity contribution >= 4 is 15.8 Å². The van der Waals surface area contributed by atoms with Crippen molar-refractivity contribution in [1.29, 1.82) is 0 Å². The number of rotatable bonds is 3. The molecule has 19 heavy (non-hydrogen) atoms. The molecule has 2 rings (SSSR count). The van der Waals surface area contributed by atoms with Crippen LogP contribution in [0, 0.1) is 0 Å². The van der Waals surface area contributed by atoms with Crippen molar-refractivity contribution in [1.82, 2.24) is 9.78 Å². The molecule has 0 bridgehead atoms. The summed E-state index contributed by atoms with van der Waals surface area (Å²) in [5.74, 6) is -1.15. The molecule has 0 unspecified atom stereocenters. The van der Waals surface area contributed by atoms with E-state index in [2.05, 4.69) is 5.10 Å². The summed E-state index contributed by atoms with van der Waals surface area (Å²) in [6.07, 6.45) is 2.65. The van der Waals surface area contributed by atoms with Gasteiger partial charge in [-0.15, -0.1) is 0 Å². The Labute approximate surface area is 110 Å². The van der Waals surface area contributed by atoms with Gasteiger partial charge < -0.3 is 5.11 Å². The highest BCUT2D eigenvalue weighted by Crippen LogP contribution is 2.25. The van der Waals surface area contributed by atoms with Gasteiger partial charge in [-0.05, 0) is 17.7 Å². The second-order valence-corrected chi connectivity index (χ2v) is 6.19.